The van der Waals surface area contributed by atoms with Crippen molar-refractivity contribution in [2.75, 3.05) is 13.7 Å². The quantitative estimate of drug-likeness (QED) is 0.813. The molecule has 0 unspecified atom stereocenters. The minimum Gasteiger partial charge on any atom is -0.497 e. The van der Waals surface area contributed by atoms with Crippen molar-refractivity contribution in [1.29, 1.82) is 0 Å². The maximum atomic E-state index is 11.9. The minimum atomic E-state index is -0.588. The summed E-state index contributed by atoms with van der Waals surface area (Å²) in [4.78, 5) is 23.9. The van der Waals surface area contributed by atoms with E-state index in [2.05, 4.69) is 5.32 Å². The number of carbonyl (C=O) groups is 2. The molecule has 6 heteroatoms. The van der Waals surface area contributed by atoms with Gasteiger partial charge in [0.25, 0.3) is 5.91 Å². The lowest BCUT2D eigenvalue weighted by Crippen LogP contribution is -2.31. The molecule has 0 aliphatic heterocycles. The Kier molecular flexibility index (Phi) is 6.21. The summed E-state index contributed by atoms with van der Waals surface area (Å²) in [6.45, 7) is 1.44. The predicted molar refractivity (Wildman–Crippen MR) is 91.3 cm³/mol. The lowest BCUT2D eigenvalue weighted by atomic mass is 10.1. The number of halogens is 1. The third-order valence-corrected chi connectivity index (χ3v) is 3.73. The van der Waals surface area contributed by atoms with E-state index in [1.807, 2.05) is 25.1 Å². The number of ether oxygens (including phenoxy) is 2. The second-order valence-corrected chi connectivity index (χ2v) is 5.53. The number of rotatable bonds is 6. The third kappa shape index (κ3) is 4.73. The van der Waals surface area contributed by atoms with Crippen molar-refractivity contribution in [3.05, 3.63) is 64.7 Å². The highest BCUT2D eigenvalue weighted by molar-refractivity contribution is 6.31. The van der Waals surface area contributed by atoms with Crippen LogP contribution in [0.5, 0.6) is 5.75 Å². The maximum Gasteiger partial charge on any atom is 0.338 e. The molecule has 2 aromatic rings. The lowest BCUT2D eigenvalue weighted by molar-refractivity contribution is -0.124. The molecule has 1 atom stereocenters. The van der Waals surface area contributed by atoms with Crippen LogP contribution in [0.4, 0.5) is 0 Å². The van der Waals surface area contributed by atoms with Crippen LogP contribution >= 0.6 is 11.6 Å². The third-order valence-electron chi connectivity index (χ3n) is 3.39. The average Bonchev–Trinajstić information content (AvgIpc) is 2.60. The first-order valence-corrected chi connectivity index (χ1v) is 7.74. The van der Waals surface area contributed by atoms with Gasteiger partial charge >= 0.3 is 5.97 Å². The summed E-state index contributed by atoms with van der Waals surface area (Å²) >= 11 is 6.09. The Hall–Kier alpha value is -2.53. The molecule has 0 bridgehead atoms. The first-order chi connectivity index (χ1) is 11.5. The molecular formula is C18H18ClNO4. The van der Waals surface area contributed by atoms with Gasteiger partial charge in [-0.3, -0.25) is 4.79 Å². The van der Waals surface area contributed by atoms with E-state index in [1.54, 1.807) is 30.3 Å². The lowest BCUT2D eigenvalue weighted by Gasteiger charge is -2.15. The Morgan fingerprint density at radius 2 is 1.92 bits per heavy atom. The predicted octanol–water partition coefficient (Wildman–Crippen LogP) is 3.38. The normalized spacial score (nSPS) is 11.5. The Morgan fingerprint density at radius 3 is 2.62 bits per heavy atom. The molecule has 5 nitrogen and oxygen atoms in total. The van der Waals surface area contributed by atoms with Crippen molar-refractivity contribution in [1.82, 2.24) is 5.32 Å². The van der Waals surface area contributed by atoms with Crippen molar-refractivity contribution in [3.8, 4) is 5.75 Å². The van der Waals surface area contributed by atoms with Crippen molar-refractivity contribution < 1.29 is 19.1 Å². The molecule has 0 radical (unpaired) electrons. The first kappa shape index (κ1) is 17.8. The summed E-state index contributed by atoms with van der Waals surface area (Å²) in [6.07, 6.45) is 0. The zero-order valence-corrected chi connectivity index (χ0v) is 14.2. The number of nitrogens with one attached hydrogen (secondary N) is 1. The highest BCUT2D eigenvalue weighted by Crippen LogP contribution is 2.22. The van der Waals surface area contributed by atoms with E-state index in [1.165, 1.54) is 7.11 Å². The van der Waals surface area contributed by atoms with Gasteiger partial charge in [-0.15, -0.1) is 0 Å². The van der Waals surface area contributed by atoms with Crippen LogP contribution in [0.25, 0.3) is 0 Å². The fourth-order valence-electron chi connectivity index (χ4n) is 2.15. The van der Waals surface area contributed by atoms with Gasteiger partial charge in [0.2, 0.25) is 0 Å². The van der Waals surface area contributed by atoms with Crippen LogP contribution in [0.2, 0.25) is 5.02 Å². The molecule has 0 aliphatic rings. The standard InChI is InChI=1S/C18H18ClNO4/c1-12(15-8-3-4-9-16(15)19)20-17(21)11-24-18(22)13-6-5-7-14(10-13)23-2/h3-10,12H,11H2,1-2H3,(H,20,21)/t12-/m1/s1. The Bertz CT molecular complexity index is 732. The number of esters is 1. The fraction of sp³-hybridized carbons (Fsp3) is 0.222. The monoisotopic (exact) mass is 347 g/mol. The molecule has 0 aromatic heterocycles. The summed E-state index contributed by atoms with van der Waals surface area (Å²) in [5.41, 5.74) is 1.12. The molecule has 0 saturated heterocycles. The van der Waals surface area contributed by atoms with E-state index in [0.717, 1.165) is 5.56 Å². The molecule has 0 heterocycles. The van der Waals surface area contributed by atoms with E-state index < -0.39 is 11.9 Å². The van der Waals surface area contributed by atoms with Crippen LogP contribution in [-0.4, -0.2) is 25.6 Å². The Morgan fingerprint density at radius 1 is 1.17 bits per heavy atom. The van der Waals surface area contributed by atoms with Crippen LogP contribution in [-0.2, 0) is 9.53 Å². The van der Waals surface area contributed by atoms with Gasteiger partial charge in [-0.05, 0) is 36.8 Å². The highest BCUT2D eigenvalue weighted by atomic mass is 35.5. The first-order valence-electron chi connectivity index (χ1n) is 7.36. The summed E-state index contributed by atoms with van der Waals surface area (Å²) in [5, 5.41) is 3.31. The molecule has 0 saturated carbocycles. The molecule has 1 N–H and O–H groups in total. The number of carbonyl (C=O) groups excluding carboxylic acids is 2. The van der Waals surface area contributed by atoms with Crippen LogP contribution in [0.3, 0.4) is 0 Å². The highest BCUT2D eigenvalue weighted by Gasteiger charge is 2.15. The van der Waals surface area contributed by atoms with E-state index in [-0.39, 0.29) is 12.6 Å². The van der Waals surface area contributed by atoms with Gasteiger partial charge in [0.05, 0.1) is 18.7 Å². The summed E-state index contributed by atoms with van der Waals surface area (Å²) < 4.78 is 10.1. The van der Waals surface area contributed by atoms with Crippen molar-refractivity contribution in [2.45, 2.75) is 13.0 Å². The van der Waals surface area contributed by atoms with Crippen molar-refractivity contribution in [2.24, 2.45) is 0 Å². The van der Waals surface area contributed by atoms with Gasteiger partial charge in [-0.1, -0.05) is 35.9 Å². The number of methoxy groups -OCH3 is 1. The molecule has 0 spiro atoms. The van der Waals surface area contributed by atoms with Gasteiger partial charge in [-0.25, -0.2) is 4.79 Å². The fourth-order valence-corrected chi connectivity index (χ4v) is 2.45. The van der Waals surface area contributed by atoms with E-state index >= 15 is 0 Å². The topological polar surface area (TPSA) is 64.6 Å². The summed E-state index contributed by atoms with van der Waals surface area (Å²) in [6, 6.07) is 13.5. The SMILES string of the molecule is COc1cccc(C(=O)OCC(=O)N[C@H](C)c2ccccc2Cl)c1. The molecule has 126 valence electrons. The van der Waals surface area contributed by atoms with E-state index in [4.69, 9.17) is 21.1 Å². The molecular weight excluding hydrogens is 330 g/mol. The zero-order valence-electron chi connectivity index (χ0n) is 13.4. The van der Waals surface area contributed by atoms with E-state index in [9.17, 15) is 9.59 Å². The summed E-state index contributed by atoms with van der Waals surface area (Å²) in [7, 11) is 1.51. The molecule has 2 aromatic carbocycles. The second kappa shape index (κ2) is 8.36. The van der Waals surface area contributed by atoms with Gasteiger partial charge in [0.1, 0.15) is 5.75 Å². The number of hydrogen-bond acceptors (Lipinski definition) is 4. The second-order valence-electron chi connectivity index (χ2n) is 5.12. The van der Waals surface area contributed by atoms with Crippen LogP contribution in [0, 0.1) is 0 Å². The number of hydrogen-bond donors (Lipinski definition) is 1. The zero-order chi connectivity index (χ0) is 17.5. The Labute approximate surface area is 145 Å². The average molecular weight is 348 g/mol. The van der Waals surface area contributed by atoms with Gasteiger partial charge in [0, 0.05) is 5.02 Å². The van der Waals surface area contributed by atoms with Crippen molar-refractivity contribution in [3.63, 3.8) is 0 Å². The van der Waals surface area contributed by atoms with Gasteiger partial charge < -0.3 is 14.8 Å². The minimum absolute atomic E-state index is 0.290. The molecule has 24 heavy (non-hydrogen) atoms. The van der Waals surface area contributed by atoms with Crippen LogP contribution < -0.4 is 10.1 Å². The van der Waals surface area contributed by atoms with Crippen LogP contribution in [0.15, 0.2) is 48.5 Å². The smallest absolute Gasteiger partial charge is 0.338 e. The molecule has 1 amide bonds. The number of amides is 1. The summed E-state index contributed by atoms with van der Waals surface area (Å²) in [5.74, 6) is -0.450. The van der Waals surface area contributed by atoms with Gasteiger partial charge in [-0.2, -0.15) is 0 Å². The van der Waals surface area contributed by atoms with Crippen molar-refractivity contribution >= 4 is 23.5 Å². The van der Waals surface area contributed by atoms with Gasteiger partial charge in [0.15, 0.2) is 6.61 Å². The Balaban J connectivity index is 1.88. The number of benzene rings is 2. The maximum absolute atomic E-state index is 11.9. The molecule has 0 aliphatic carbocycles. The molecule has 0 fully saturated rings. The van der Waals surface area contributed by atoms with Crippen LogP contribution in [0.1, 0.15) is 28.9 Å². The molecule has 2 rings (SSSR count). The van der Waals surface area contributed by atoms with E-state index in [0.29, 0.717) is 16.3 Å². The largest absolute Gasteiger partial charge is 0.497 e.